The van der Waals surface area contributed by atoms with Gasteiger partial charge in [-0.05, 0) is 47.9 Å². The number of aliphatic hydroxyl groups is 1. The standard InChI is InChI=1S/C26H29N2O4S/c1-15(2)18-12-19-20(28-25(31)27-19)13-22(18)33-23-21(29)14-26(16(3)4,32-24(23)30)11-10-17-8-6-5-7-9-17/h5-9,12-13,15-16,29H,10-11,14H2,1-4H3,(H,27,31)/t26-/m0/s1. The maximum absolute atomic E-state index is 13.2. The lowest BCUT2D eigenvalue weighted by atomic mass is 9.80. The molecule has 33 heavy (non-hydrogen) atoms. The highest BCUT2D eigenvalue weighted by molar-refractivity contribution is 8.04. The summed E-state index contributed by atoms with van der Waals surface area (Å²) in [4.78, 5) is 25.8. The molecule has 0 unspecified atom stereocenters. The molecule has 2 aliphatic rings. The van der Waals surface area contributed by atoms with Crippen molar-refractivity contribution in [2.45, 2.75) is 63.4 Å². The summed E-state index contributed by atoms with van der Waals surface area (Å²) in [6.07, 6.45) is 1.66. The second-order valence-electron chi connectivity index (χ2n) is 9.25. The molecule has 2 N–H and O–H groups in total. The topological polar surface area (TPSA) is 89.7 Å². The molecule has 1 atom stereocenters. The number of rotatable bonds is 7. The van der Waals surface area contributed by atoms with Gasteiger partial charge < -0.3 is 15.2 Å². The van der Waals surface area contributed by atoms with E-state index < -0.39 is 17.6 Å². The van der Waals surface area contributed by atoms with Crippen LogP contribution in [0.5, 0.6) is 0 Å². The van der Waals surface area contributed by atoms with E-state index in [1.54, 1.807) is 6.07 Å². The van der Waals surface area contributed by atoms with Crippen LogP contribution < -0.4 is 10.6 Å². The van der Waals surface area contributed by atoms with Gasteiger partial charge in [0.15, 0.2) is 0 Å². The molecule has 0 bridgehead atoms. The van der Waals surface area contributed by atoms with Crippen LogP contribution in [0.1, 0.15) is 57.6 Å². The first-order valence-electron chi connectivity index (χ1n) is 11.3. The number of hydrogen-bond acceptors (Lipinski definition) is 5. The summed E-state index contributed by atoms with van der Waals surface area (Å²) < 4.78 is 6.05. The van der Waals surface area contributed by atoms with Gasteiger partial charge in [-0.15, -0.1) is 0 Å². The number of cyclic esters (lactones) is 1. The van der Waals surface area contributed by atoms with Crippen molar-refractivity contribution in [2.75, 3.05) is 5.32 Å². The van der Waals surface area contributed by atoms with Gasteiger partial charge in [0, 0.05) is 11.3 Å². The van der Waals surface area contributed by atoms with Crippen molar-refractivity contribution >= 4 is 35.1 Å². The second kappa shape index (κ2) is 9.14. The molecule has 2 aromatic carbocycles. The number of thioether (sulfide) groups is 1. The molecule has 6 nitrogen and oxygen atoms in total. The van der Waals surface area contributed by atoms with Crippen molar-refractivity contribution in [1.82, 2.24) is 5.32 Å². The summed E-state index contributed by atoms with van der Waals surface area (Å²) in [5, 5.41) is 17.7. The Labute approximate surface area is 198 Å². The number of esters is 1. The van der Waals surface area contributed by atoms with Gasteiger partial charge in [0.2, 0.25) is 0 Å². The summed E-state index contributed by atoms with van der Waals surface area (Å²) in [5.74, 6) is -0.259. The molecule has 2 amide bonds. The van der Waals surface area contributed by atoms with E-state index >= 15 is 0 Å². The van der Waals surface area contributed by atoms with Crippen molar-refractivity contribution in [3.63, 3.8) is 0 Å². The van der Waals surface area contributed by atoms with Gasteiger partial charge in [0.1, 0.15) is 16.3 Å². The molecule has 0 spiro atoms. The molecule has 2 heterocycles. The fourth-order valence-electron chi connectivity index (χ4n) is 4.28. The number of aliphatic hydroxyl groups excluding tert-OH is 1. The maximum Gasteiger partial charge on any atom is 0.349 e. The number of urea groups is 1. The van der Waals surface area contributed by atoms with Crippen molar-refractivity contribution < 1.29 is 19.4 Å². The minimum absolute atomic E-state index is 0.0426. The minimum atomic E-state index is -0.758. The summed E-state index contributed by atoms with van der Waals surface area (Å²) in [5.41, 5.74) is 2.58. The number of fused-ring (bicyclic) bond motifs is 1. The highest BCUT2D eigenvalue weighted by atomic mass is 32.2. The van der Waals surface area contributed by atoms with E-state index in [-0.39, 0.29) is 28.9 Å². The monoisotopic (exact) mass is 465 g/mol. The Morgan fingerprint density at radius 3 is 2.52 bits per heavy atom. The molecule has 0 aromatic heterocycles. The normalized spacial score (nSPS) is 20.1. The molecule has 173 valence electrons. The number of nitrogens with zero attached hydrogens (tertiary/aromatic N) is 1. The third-order valence-corrected chi connectivity index (χ3v) is 7.55. The van der Waals surface area contributed by atoms with Crippen molar-refractivity contribution in [1.29, 1.82) is 0 Å². The van der Waals surface area contributed by atoms with Gasteiger partial charge in [-0.3, -0.25) is 0 Å². The van der Waals surface area contributed by atoms with Crippen LogP contribution in [0.4, 0.5) is 16.2 Å². The third-order valence-electron chi connectivity index (χ3n) is 6.37. The van der Waals surface area contributed by atoms with Crippen LogP contribution in [-0.2, 0) is 16.0 Å². The Balaban J connectivity index is 1.61. The summed E-state index contributed by atoms with van der Waals surface area (Å²) in [6.45, 7) is 8.13. The van der Waals surface area contributed by atoms with Gasteiger partial charge in [0.05, 0.1) is 11.4 Å². The third kappa shape index (κ3) is 4.74. The van der Waals surface area contributed by atoms with Crippen LogP contribution in [0, 0.1) is 5.92 Å². The van der Waals surface area contributed by atoms with Crippen molar-refractivity contribution in [3.8, 4) is 0 Å². The predicted molar refractivity (Wildman–Crippen MR) is 130 cm³/mol. The first-order valence-corrected chi connectivity index (χ1v) is 12.1. The number of nitrogens with one attached hydrogen (secondary N) is 1. The van der Waals surface area contributed by atoms with Crippen LogP contribution in [0.3, 0.4) is 0 Å². The zero-order chi connectivity index (χ0) is 23.8. The van der Waals surface area contributed by atoms with Crippen molar-refractivity contribution in [2.24, 2.45) is 5.92 Å². The quantitative estimate of drug-likeness (QED) is 0.460. The number of hydrogen-bond donors (Lipinski definition) is 2. The van der Waals surface area contributed by atoms with Gasteiger partial charge >= 0.3 is 12.0 Å². The van der Waals surface area contributed by atoms with Crippen molar-refractivity contribution in [3.05, 3.63) is 64.3 Å². The SMILES string of the molecule is CC(C)c1cc2c(cc1SC1=C(O)C[C@@](CCc3ccccc3)(C(C)C)OC1=O)[N]C(=O)N2. The molecule has 1 radical (unpaired) electrons. The van der Waals surface area contributed by atoms with E-state index in [0.717, 1.165) is 16.9 Å². The molecule has 7 heteroatoms. The number of aryl methyl sites for hydroxylation is 1. The molecule has 0 saturated carbocycles. The van der Waals surface area contributed by atoms with Crippen LogP contribution in [-0.4, -0.2) is 22.7 Å². The summed E-state index contributed by atoms with van der Waals surface area (Å²) in [7, 11) is 0. The fourth-order valence-corrected chi connectivity index (χ4v) is 5.40. The molecule has 2 aliphatic heterocycles. The van der Waals surface area contributed by atoms with E-state index in [9.17, 15) is 14.7 Å². The number of amides is 2. The van der Waals surface area contributed by atoms with Crippen LogP contribution >= 0.6 is 11.8 Å². The lowest BCUT2D eigenvalue weighted by molar-refractivity contribution is -0.164. The summed E-state index contributed by atoms with van der Waals surface area (Å²) >= 11 is 1.19. The highest BCUT2D eigenvalue weighted by Gasteiger charge is 2.44. The van der Waals surface area contributed by atoms with E-state index in [2.05, 4.69) is 22.8 Å². The van der Waals surface area contributed by atoms with Gasteiger partial charge in [-0.2, -0.15) is 5.32 Å². The molecule has 0 saturated heterocycles. The lowest BCUT2D eigenvalue weighted by Crippen LogP contribution is -2.44. The Morgan fingerprint density at radius 2 is 1.88 bits per heavy atom. The number of benzene rings is 2. The Morgan fingerprint density at radius 1 is 1.15 bits per heavy atom. The van der Waals surface area contributed by atoms with E-state index in [1.165, 1.54) is 17.3 Å². The second-order valence-corrected chi connectivity index (χ2v) is 10.3. The zero-order valence-corrected chi connectivity index (χ0v) is 20.2. The molecule has 4 rings (SSSR count). The molecular weight excluding hydrogens is 436 g/mol. The van der Waals surface area contributed by atoms with Gasteiger partial charge in [0.25, 0.3) is 0 Å². The summed E-state index contributed by atoms with van der Waals surface area (Å²) in [6, 6.07) is 13.4. The zero-order valence-electron chi connectivity index (χ0n) is 19.3. The van der Waals surface area contributed by atoms with Crippen LogP contribution in [0.15, 0.2) is 58.0 Å². The first-order chi connectivity index (χ1) is 15.7. The Kier molecular flexibility index (Phi) is 6.43. The minimum Gasteiger partial charge on any atom is -0.511 e. The maximum atomic E-state index is 13.2. The average Bonchev–Trinajstić information content (AvgIpc) is 3.13. The van der Waals surface area contributed by atoms with E-state index in [4.69, 9.17) is 4.74 Å². The first kappa shape index (κ1) is 23.2. The molecular formula is C26H29N2O4S. The van der Waals surface area contributed by atoms with E-state index in [1.807, 2.05) is 52.0 Å². The highest BCUT2D eigenvalue weighted by Crippen LogP contribution is 2.46. The number of carbonyl (C=O) groups is 2. The van der Waals surface area contributed by atoms with Crippen LogP contribution in [0.2, 0.25) is 0 Å². The largest absolute Gasteiger partial charge is 0.511 e. The average molecular weight is 466 g/mol. The molecule has 0 fully saturated rings. The number of ether oxygens (including phenoxy) is 1. The number of anilines is 1. The molecule has 2 aromatic rings. The van der Waals surface area contributed by atoms with E-state index in [0.29, 0.717) is 17.8 Å². The van der Waals surface area contributed by atoms with Gasteiger partial charge in [-0.25, -0.2) is 9.59 Å². The van der Waals surface area contributed by atoms with Gasteiger partial charge in [-0.1, -0.05) is 69.8 Å². The number of carbonyl (C=O) groups excluding carboxylic acids is 2. The Bertz CT molecular complexity index is 1110. The van der Waals surface area contributed by atoms with Crippen LogP contribution in [0.25, 0.3) is 0 Å². The predicted octanol–water partition coefficient (Wildman–Crippen LogP) is 6.43. The Hall–Kier alpha value is -2.93. The smallest absolute Gasteiger partial charge is 0.349 e. The lowest BCUT2D eigenvalue weighted by Gasteiger charge is -2.40. The fraction of sp³-hybridized carbons (Fsp3) is 0.385. The molecule has 0 aliphatic carbocycles.